The lowest BCUT2D eigenvalue weighted by Crippen LogP contribution is -2.35. The SMILES string of the molecule is O=C(Nc1cn2cc(Oc3ccc(NC(=O)C4(C(=O)Nc5ccc(F)cc5)CC4)cc3)ccc2n1)C1CC1. The molecule has 0 spiro atoms. The number of nitrogens with one attached hydrogen (secondary N) is 3. The first kappa shape index (κ1) is 23.7. The van der Waals surface area contributed by atoms with Crippen LogP contribution in [0.1, 0.15) is 25.7 Å². The Labute approximate surface area is 217 Å². The molecule has 38 heavy (non-hydrogen) atoms. The van der Waals surface area contributed by atoms with Crippen molar-refractivity contribution in [1.82, 2.24) is 9.38 Å². The molecule has 3 N–H and O–H groups in total. The van der Waals surface area contributed by atoms with E-state index in [2.05, 4.69) is 20.9 Å². The Morgan fingerprint density at radius 2 is 1.42 bits per heavy atom. The topological polar surface area (TPSA) is 114 Å². The molecular formula is C28H24FN5O4. The molecule has 0 radical (unpaired) electrons. The van der Waals surface area contributed by atoms with E-state index in [1.54, 1.807) is 53.2 Å². The monoisotopic (exact) mass is 513 g/mol. The third-order valence-electron chi connectivity index (χ3n) is 6.69. The van der Waals surface area contributed by atoms with E-state index in [1.807, 2.05) is 0 Å². The Bertz CT molecular complexity index is 1540. The molecule has 0 atom stereocenters. The van der Waals surface area contributed by atoms with Crippen LogP contribution in [0.2, 0.25) is 0 Å². The molecule has 0 unspecified atom stereocenters. The number of anilines is 3. The van der Waals surface area contributed by atoms with Gasteiger partial charge in [-0.2, -0.15) is 0 Å². The van der Waals surface area contributed by atoms with Crippen LogP contribution in [0.3, 0.4) is 0 Å². The van der Waals surface area contributed by atoms with Crippen LogP contribution in [0.5, 0.6) is 11.5 Å². The average molecular weight is 514 g/mol. The van der Waals surface area contributed by atoms with Gasteiger partial charge in [0.2, 0.25) is 17.7 Å². The van der Waals surface area contributed by atoms with Crippen LogP contribution in [-0.4, -0.2) is 27.1 Å². The van der Waals surface area contributed by atoms with Gasteiger partial charge in [-0.15, -0.1) is 0 Å². The number of hydrogen-bond acceptors (Lipinski definition) is 5. The number of ether oxygens (including phenoxy) is 1. The van der Waals surface area contributed by atoms with Crippen LogP contribution in [0, 0.1) is 17.2 Å². The van der Waals surface area contributed by atoms with Crippen molar-refractivity contribution in [2.24, 2.45) is 11.3 Å². The van der Waals surface area contributed by atoms with Crippen LogP contribution in [0.15, 0.2) is 73.1 Å². The zero-order valence-corrected chi connectivity index (χ0v) is 20.2. The summed E-state index contributed by atoms with van der Waals surface area (Å²) in [5.41, 5.74) is 0.509. The molecule has 2 heterocycles. The summed E-state index contributed by atoms with van der Waals surface area (Å²) in [6, 6.07) is 15.8. The summed E-state index contributed by atoms with van der Waals surface area (Å²) in [6.45, 7) is 0. The second-order valence-corrected chi connectivity index (χ2v) is 9.64. The molecule has 2 aliphatic carbocycles. The highest BCUT2D eigenvalue weighted by Gasteiger charge is 2.56. The number of benzene rings is 2. The zero-order valence-electron chi connectivity index (χ0n) is 20.2. The maximum Gasteiger partial charge on any atom is 0.240 e. The van der Waals surface area contributed by atoms with Gasteiger partial charge in [0.25, 0.3) is 0 Å². The molecular weight excluding hydrogens is 489 g/mol. The highest BCUT2D eigenvalue weighted by molar-refractivity contribution is 6.16. The minimum absolute atomic E-state index is 0.00169. The maximum absolute atomic E-state index is 13.1. The van der Waals surface area contributed by atoms with Crippen molar-refractivity contribution in [2.45, 2.75) is 25.7 Å². The molecule has 2 aliphatic rings. The lowest BCUT2D eigenvalue weighted by atomic mass is 10.0. The zero-order chi connectivity index (χ0) is 26.3. The fraction of sp³-hybridized carbons (Fsp3) is 0.214. The number of pyridine rings is 1. The summed E-state index contributed by atoms with van der Waals surface area (Å²) in [4.78, 5) is 42.0. The number of amides is 3. The smallest absolute Gasteiger partial charge is 0.240 e. The number of hydrogen-bond donors (Lipinski definition) is 3. The minimum atomic E-state index is -1.14. The summed E-state index contributed by atoms with van der Waals surface area (Å²) < 4.78 is 20.8. The maximum atomic E-state index is 13.1. The molecule has 6 rings (SSSR count). The second kappa shape index (κ2) is 9.29. The molecule has 9 nitrogen and oxygen atoms in total. The molecule has 0 aliphatic heterocycles. The van der Waals surface area contributed by atoms with Gasteiger partial charge in [-0.3, -0.25) is 14.4 Å². The highest BCUT2D eigenvalue weighted by Crippen LogP contribution is 2.47. The number of carbonyl (C=O) groups is 3. The van der Waals surface area contributed by atoms with Crippen LogP contribution in [0.4, 0.5) is 21.6 Å². The molecule has 2 saturated carbocycles. The van der Waals surface area contributed by atoms with Gasteiger partial charge in [0.05, 0.1) is 12.4 Å². The Balaban J connectivity index is 1.07. The van der Waals surface area contributed by atoms with Crippen molar-refractivity contribution < 1.29 is 23.5 Å². The first-order valence-electron chi connectivity index (χ1n) is 12.3. The largest absolute Gasteiger partial charge is 0.456 e. The number of aromatic nitrogens is 2. The van der Waals surface area contributed by atoms with Gasteiger partial charge in [0.15, 0.2) is 5.82 Å². The van der Waals surface area contributed by atoms with Crippen LogP contribution in [-0.2, 0) is 14.4 Å². The summed E-state index contributed by atoms with van der Waals surface area (Å²) in [7, 11) is 0. The second-order valence-electron chi connectivity index (χ2n) is 9.64. The first-order valence-corrected chi connectivity index (χ1v) is 12.3. The molecule has 10 heteroatoms. The van der Waals surface area contributed by atoms with Gasteiger partial charge in [-0.1, -0.05) is 0 Å². The van der Waals surface area contributed by atoms with Crippen molar-refractivity contribution in [2.75, 3.05) is 16.0 Å². The van der Waals surface area contributed by atoms with Crippen LogP contribution in [0.25, 0.3) is 5.65 Å². The van der Waals surface area contributed by atoms with E-state index in [-0.39, 0.29) is 17.7 Å². The molecule has 2 aromatic heterocycles. The normalized spacial score (nSPS) is 15.5. The van der Waals surface area contributed by atoms with E-state index in [4.69, 9.17) is 4.74 Å². The van der Waals surface area contributed by atoms with E-state index in [9.17, 15) is 18.8 Å². The van der Waals surface area contributed by atoms with Gasteiger partial charge < -0.3 is 25.1 Å². The van der Waals surface area contributed by atoms with Gasteiger partial charge in [-0.25, -0.2) is 9.37 Å². The number of nitrogens with zero attached hydrogens (tertiary/aromatic N) is 2. The van der Waals surface area contributed by atoms with Crippen LogP contribution >= 0.6 is 0 Å². The Kier molecular flexibility index (Phi) is 5.79. The standard InChI is InChI=1S/C28H24FN5O4/c29-18-3-5-19(6-4-18)30-26(36)28(13-14-28)27(37)31-20-7-9-21(10-8-20)38-22-11-12-24-32-23(16-34(24)15-22)33-25(35)17-1-2-17/h3-12,15-17H,1-2,13-14H2,(H,30,36)(H,31,37)(H,33,35). The Morgan fingerprint density at radius 1 is 0.816 bits per heavy atom. The third kappa shape index (κ3) is 4.93. The van der Waals surface area contributed by atoms with E-state index >= 15 is 0 Å². The minimum Gasteiger partial charge on any atom is -0.456 e. The average Bonchev–Trinajstić information content (AvgIpc) is 3.83. The number of fused-ring (bicyclic) bond motifs is 1. The fourth-order valence-corrected chi connectivity index (χ4v) is 4.13. The predicted molar refractivity (Wildman–Crippen MR) is 138 cm³/mol. The first-order chi connectivity index (χ1) is 18.4. The summed E-state index contributed by atoms with van der Waals surface area (Å²) >= 11 is 0. The van der Waals surface area contributed by atoms with Gasteiger partial charge in [0.1, 0.15) is 28.4 Å². The number of carbonyl (C=O) groups excluding carboxylic acids is 3. The van der Waals surface area contributed by atoms with E-state index < -0.39 is 17.1 Å². The van der Waals surface area contributed by atoms with Crippen molar-refractivity contribution in [1.29, 1.82) is 0 Å². The summed E-state index contributed by atoms with van der Waals surface area (Å²) in [5, 5.41) is 8.33. The number of imidazole rings is 1. The highest BCUT2D eigenvalue weighted by atomic mass is 19.1. The Morgan fingerprint density at radius 3 is 2.03 bits per heavy atom. The van der Waals surface area contributed by atoms with Crippen molar-refractivity contribution in [3.8, 4) is 11.5 Å². The molecule has 4 aromatic rings. The lowest BCUT2D eigenvalue weighted by molar-refractivity contribution is -0.131. The number of halogens is 1. The molecule has 0 saturated heterocycles. The molecule has 192 valence electrons. The predicted octanol–water partition coefficient (Wildman–Crippen LogP) is 4.97. The van der Waals surface area contributed by atoms with Crippen molar-refractivity contribution in [3.63, 3.8) is 0 Å². The number of rotatable bonds is 8. The summed E-state index contributed by atoms with van der Waals surface area (Å²) in [5.74, 6) is 0.519. The lowest BCUT2D eigenvalue weighted by Gasteiger charge is -2.16. The van der Waals surface area contributed by atoms with E-state index in [0.717, 1.165) is 12.8 Å². The van der Waals surface area contributed by atoms with Crippen molar-refractivity contribution in [3.05, 3.63) is 78.9 Å². The van der Waals surface area contributed by atoms with Crippen molar-refractivity contribution >= 4 is 40.6 Å². The summed E-state index contributed by atoms with van der Waals surface area (Å²) in [6.07, 6.45) is 6.23. The quantitative estimate of drug-likeness (QED) is 0.288. The van der Waals surface area contributed by atoms with E-state index in [1.165, 1.54) is 24.3 Å². The van der Waals surface area contributed by atoms with Crippen LogP contribution < -0.4 is 20.7 Å². The van der Waals surface area contributed by atoms with E-state index in [0.29, 0.717) is 47.2 Å². The fourth-order valence-electron chi connectivity index (χ4n) is 4.13. The van der Waals surface area contributed by atoms with Gasteiger partial charge in [0, 0.05) is 17.3 Å². The molecule has 3 amide bonds. The van der Waals surface area contributed by atoms with Gasteiger partial charge in [-0.05, 0) is 86.3 Å². The molecule has 2 aromatic carbocycles. The molecule has 2 fully saturated rings. The molecule has 0 bridgehead atoms. The third-order valence-corrected chi connectivity index (χ3v) is 6.69. The van der Waals surface area contributed by atoms with Gasteiger partial charge >= 0.3 is 0 Å². The Hall–Kier alpha value is -4.73.